The van der Waals surface area contributed by atoms with Gasteiger partial charge in [0.05, 0.1) is 23.2 Å². The molecule has 2 atom stereocenters. The molecule has 0 saturated carbocycles. The number of aryl methyl sites for hydroxylation is 1. The lowest BCUT2D eigenvalue weighted by Crippen LogP contribution is -2.48. The van der Waals surface area contributed by atoms with Crippen LogP contribution in [-0.2, 0) is 19.4 Å². The summed E-state index contributed by atoms with van der Waals surface area (Å²) in [5.74, 6) is -1.79. The van der Waals surface area contributed by atoms with Crippen molar-refractivity contribution < 1.29 is 18.7 Å². The number of aliphatic hydroxyl groups excluding tert-OH is 1. The van der Waals surface area contributed by atoms with Crippen molar-refractivity contribution in [3.8, 4) is 0 Å². The molecular weight excluding hydrogens is 448 g/mol. The summed E-state index contributed by atoms with van der Waals surface area (Å²) < 4.78 is 27.6. The molecule has 0 aliphatic rings. The van der Waals surface area contributed by atoms with E-state index in [4.69, 9.17) is 0 Å². The maximum Gasteiger partial charge on any atom is 0.253 e. The molecule has 0 fully saturated rings. The summed E-state index contributed by atoms with van der Waals surface area (Å²) in [6.07, 6.45) is 1.75. The van der Waals surface area contributed by atoms with Crippen LogP contribution in [-0.4, -0.2) is 34.7 Å². The van der Waals surface area contributed by atoms with E-state index in [0.717, 1.165) is 23.4 Å². The predicted molar refractivity (Wildman–Crippen MR) is 133 cm³/mol. The van der Waals surface area contributed by atoms with Gasteiger partial charge in [-0.25, -0.2) is 8.78 Å². The number of fused-ring (bicyclic) bond motifs is 1. The number of hydrogen-bond acceptors (Lipinski definition) is 3. The van der Waals surface area contributed by atoms with E-state index in [9.17, 15) is 18.7 Å². The predicted octanol–water partition coefficient (Wildman–Crippen LogP) is 4.50. The zero-order valence-electron chi connectivity index (χ0n) is 19.5. The molecule has 4 aromatic rings. The highest BCUT2D eigenvalue weighted by molar-refractivity contribution is 6.05. The fourth-order valence-corrected chi connectivity index (χ4v) is 4.25. The maximum absolute atomic E-state index is 13.8. The van der Waals surface area contributed by atoms with E-state index in [1.807, 2.05) is 24.3 Å². The Balaban J connectivity index is 1.49. The van der Waals surface area contributed by atoms with Crippen LogP contribution in [0, 0.1) is 11.6 Å². The third-order valence-electron chi connectivity index (χ3n) is 6.07. The number of rotatable bonds is 10. The van der Waals surface area contributed by atoms with Gasteiger partial charge in [0.15, 0.2) is 0 Å². The number of nitrogens with one attached hydrogen (secondary N) is 3. The van der Waals surface area contributed by atoms with Gasteiger partial charge in [0.2, 0.25) is 0 Å². The Morgan fingerprint density at radius 3 is 2.49 bits per heavy atom. The van der Waals surface area contributed by atoms with Gasteiger partial charge in [0.25, 0.3) is 5.91 Å². The number of carbonyl (C=O) groups excluding carboxylic acids is 1. The Hall–Kier alpha value is -3.55. The average Bonchev–Trinajstić information content (AvgIpc) is 3.32. The number of aromatic amines is 1. The molecule has 0 radical (unpaired) electrons. The molecule has 0 bridgehead atoms. The Kier molecular flexibility index (Phi) is 7.90. The molecular formula is C28H29F2N3O2. The lowest BCUT2D eigenvalue weighted by atomic mass is 9.99. The summed E-state index contributed by atoms with van der Waals surface area (Å²) in [5.41, 5.74) is 3.77. The third kappa shape index (κ3) is 6.32. The molecule has 1 amide bonds. The van der Waals surface area contributed by atoms with Gasteiger partial charge in [-0.3, -0.25) is 4.79 Å². The fourth-order valence-electron chi connectivity index (χ4n) is 4.25. The van der Waals surface area contributed by atoms with Crippen LogP contribution in [0.2, 0.25) is 0 Å². The Morgan fingerprint density at radius 1 is 0.971 bits per heavy atom. The molecule has 1 aromatic heterocycles. The Bertz CT molecular complexity index is 1280. The van der Waals surface area contributed by atoms with E-state index in [1.165, 1.54) is 17.7 Å². The number of amides is 1. The monoisotopic (exact) mass is 477 g/mol. The highest BCUT2D eigenvalue weighted by atomic mass is 19.1. The topological polar surface area (TPSA) is 77.2 Å². The molecule has 0 spiro atoms. The highest BCUT2D eigenvalue weighted by Gasteiger charge is 2.24. The number of aromatic nitrogens is 1. The van der Waals surface area contributed by atoms with Crippen LogP contribution in [0.1, 0.15) is 34.0 Å². The number of aliphatic hydroxyl groups is 1. The van der Waals surface area contributed by atoms with Gasteiger partial charge in [-0.05, 0) is 53.8 Å². The van der Waals surface area contributed by atoms with Gasteiger partial charge in [-0.15, -0.1) is 0 Å². The van der Waals surface area contributed by atoms with Crippen molar-refractivity contribution >= 4 is 16.8 Å². The molecule has 182 valence electrons. The first kappa shape index (κ1) is 24.6. The summed E-state index contributed by atoms with van der Waals surface area (Å²) in [6, 6.07) is 17.8. The van der Waals surface area contributed by atoms with Crippen molar-refractivity contribution in [3.63, 3.8) is 0 Å². The molecule has 0 saturated heterocycles. The Labute approximate surface area is 203 Å². The number of benzene rings is 3. The highest BCUT2D eigenvalue weighted by Crippen LogP contribution is 2.18. The van der Waals surface area contributed by atoms with Crippen molar-refractivity contribution in [1.82, 2.24) is 15.6 Å². The van der Waals surface area contributed by atoms with Crippen LogP contribution in [0.5, 0.6) is 0 Å². The van der Waals surface area contributed by atoms with E-state index in [2.05, 4.69) is 34.7 Å². The number of para-hydroxylation sites is 1. The van der Waals surface area contributed by atoms with Crippen LogP contribution < -0.4 is 10.6 Å². The fraction of sp³-hybridized carbons (Fsp3) is 0.250. The van der Waals surface area contributed by atoms with Crippen LogP contribution >= 0.6 is 0 Å². The van der Waals surface area contributed by atoms with Gasteiger partial charge in [0.1, 0.15) is 11.6 Å². The molecule has 5 nitrogen and oxygen atoms in total. The van der Waals surface area contributed by atoms with Crippen LogP contribution in [0.25, 0.3) is 10.9 Å². The lowest BCUT2D eigenvalue weighted by Gasteiger charge is -2.25. The molecule has 0 aliphatic heterocycles. The van der Waals surface area contributed by atoms with Gasteiger partial charge < -0.3 is 20.7 Å². The number of hydrogen-bond donors (Lipinski definition) is 4. The largest absolute Gasteiger partial charge is 0.390 e. The van der Waals surface area contributed by atoms with E-state index < -0.39 is 23.8 Å². The molecule has 4 rings (SSSR count). The number of halogens is 2. The minimum absolute atomic E-state index is 0.0648. The van der Waals surface area contributed by atoms with Gasteiger partial charge in [0, 0.05) is 30.7 Å². The summed E-state index contributed by atoms with van der Waals surface area (Å²) in [5, 5.41) is 18.0. The van der Waals surface area contributed by atoms with Gasteiger partial charge >= 0.3 is 0 Å². The lowest BCUT2D eigenvalue weighted by molar-refractivity contribution is 0.0831. The van der Waals surface area contributed by atoms with Gasteiger partial charge in [-0.1, -0.05) is 43.3 Å². The number of H-pyrrole nitrogens is 1. The normalized spacial score (nSPS) is 13.0. The van der Waals surface area contributed by atoms with E-state index >= 15 is 0 Å². The smallest absolute Gasteiger partial charge is 0.253 e. The van der Waals surface area contributed by atoms with E-state index in [0.29, 0.717) is 23.2 Å². The first-order valence-electron chi connectivity index (χ1n) is 11.7. The summed E-state index contributed by atoms with van der Waals surface area (Å²) in [4.78, 5) is 16.2. The summed E-state index contributed by atoms with van der Waals surface area (Å²) in [7, 11) is 0. The van der Waals surface area contributed by atoms with Crippen molar-refractivity contribution in [2.45, 2.75) is 38.5 Å². The van der Waals surface area contributed by atoms with Crippen molar-refractivity contribution in [2.75, 3.05) is 6.54 Å². The second kappa shape index (κ2) is 11.3. The van der Waals surface area contributed by atoms with E-state index in [-0.39, 0.29) is 18.9 Å². The van der Waals surface area contributed by atoms with Crippen LogP contribution in [0.4, 0.5) is 8.78 Å². The van der Waals surface area contributed by atoms with Crippen LogP contribution in [0.3, 0.4) is 0 Å². The Morgan fingerprint density at radius 2 is 1.71 bits per heavy atom. The quantitative estimate of drug-likeness (QED) is 0.272. The minimum atomic E-state index is -0.998. The van der Waals surface area contributed by atoms with Crippen molar-refractivity contribution in [3.05, 3.63) is 107 Å². The minimum Gasteiger partial charge on any atom is -0.390 e. The van der Waals surface area contributed by atoms with Gasteiger partial charge in [-0.2, -0.15) is 0 Å². The molecule has 3 aromatic carbocycles. The van der Waals surface area contributed by atoms with Crippen LogP contribution in [0.15, 0.2) is 72.9 Å². The number of carbonyl (C=O) groups is 1. The summed E-state index contributed by atoms with van der Waals surface area (Å²) in [6.45, 7) is 2.82. The molecule has 7 heteroatoms. The second-order valence-electron chi connectivity index (χ2n) is 8.68. The SMILES string of the molecule is CCc1cccc(CNC[C@H](O)[C@H](Cc2cc(F)cc(F)c2)NC(=O)c2cccc3cc[nH]c23)c1. The zero-order chi connectivity index (χ0) is 24.8. The van der Waals surface area contributed by atoms with E-state index in [1.54, 1.807) is 18.3 Å². The zero-order valence-corrected chi connectivity index (χ0v) is 19.5. The average molecular weight is 478 g/mol. The van der Waals surface area contributed by atoms with Crippen molar-refractivity contribution in [2.24, 2.45) is 0 Å². The maximum atomic E-state index is 13.8. The summed E-state index contributed by atoms with van der Waals surface area (Å²) >= 11 is 0. The molecule has 0 unspecified atom stereocenters. The first-order chi connectivity index (χ1) is 16.9. The standard InChI is InChI=1S/C28H29F2N3O2/c1-2-18-5-3-6-19(11-18)16-31-17-26(34)25(14-20-12-22(29)15-23(30)13-20)33-28(35)24-8-4-7-21-9-10-32-27(21)24/h3-13,15,25-26,31-32,34H,2,14,16-17H2,1H3,(H,33,35)/t25-,26-/m0/s1. The molecule has 4 N–H and O–H groups in total. The second-order valence-corrected chi connectivity index (χ2v) is 8.68. The van der Waals surface area contributed by atoms with Crippen molar-refractivity contribution in [1.29, 1.82) is 0 Å². The molecule has 0 aliphatic carbocycles. The molecule has 35 heavy (non-hydrogen) atoms. The third-order valence-corrected chi connectivity index (χ3v) is 6.07. The molecule has 1 heterocycles. The first-order valence-corrected chi connectivity index (χ1v) is 11.7.